The van der Waals surface area contributed by atoms with E-state index in [9.17, 15) is 4.79 Å². The van der Waals surface area contributed by atoms with Crippen LogP contribution in [0.1, 0.15) is 33.1 Å². The monoisotopic (exact) mass is 208 g/mol. The van der Waals surface area contributed by atoms with Gasteiger partial charge in [0.25, 0.3) is 0 Å². The smallest absolute Gasteiger partial charge is 0.327 e. The number of fused-ring (bicyclic) bond motifs is 2. The number of carboxylic acid groups (broad SMARTS) is 1. The van der Waals surface area contributed by atoms with Crippen LogP contribution in [-0.2, 0) is 4.79 Å². The van der Waals surface area contributed by atoms with Crippen molar-refractivity contribution in [1.82, 2.24) is 0 Å². The van der Waals surface area contributed by atoms with Crippen LogP contribution in [0.2, 0.25) is 0 Å². The second-order valence-corrected chi connectivity index (χ2v) is 5.00. The number of hydrogen-bond donors (Lipinski definition) is 1. The molecule has 84 valence electrons. The van der Waals surface area contributed by atoms with Crippen LogP contribution in [0.5, 0.6) is 0 Å². The lowest BCUT2D eigenvalue weighted by molar-refractivity contribution is -0.131. The molecule has 2 nitrogen and oxygen atoms in total. The summed E-state index contributed by atoms with van der Waals surface area (Å²) in [5.41, 5.74) is 2.01. The van der Waals surface area contributed by atoms with E-state index >= 15 is 0 Å². The summed E-state index contributed by atoms with van der Waals surface area (Å²) in [4.78, 5) is 9.25. The second kappa shape index (κ2) is 4.21. The first kappa shape index (κ1) is 12.0. The lowest BCUT2D eigenvalue weighted by Gasteiger charge is -2.31. The molecule has 2 bridgehead atoms. The highest BCUT2D eigenvalue weighted by Crippen LogP contribution is 2.58. The molecule has 2 aliphatic carbocycles. The van der Waals surface area contributed by atoms with Gasteiger partial charge in [0.2, 0.25) is 0 Å². The molecule has 0 aliphatic heterocycles. The Kier molecular flexibility index (Phi) is 3.38. The molecule has 2 heteroatoms. The van der Waals surface area contributed by atoms with Crippen molar-refractivity contribution in [3.8, 4) is 0 Å². The molecule has 0 heterocycles. The Morgan fingerprint density at radius 3 is 2.27 bits per heavy atom. The molecule has 0 spiro atoms. The Bertz CT molecular complexity index is 289. The normalized spacial score (nSPS) is 30.7. The molecule has 2 unspecified atom stereocenters. The molecule has 2 aliphatic rings. The third kappa shape index (κ3) is 2.31. The van der Waals surface area contributed by atoms with Crippen molar-refractivity contribution in [2.45, 2.75) is 33.1 Å². The molecular formula is C13H20O2. The Morgan fingerprint density at radius 1 is 1.53 bits per heavy atom. The highest BCUT2D eigenvalue weighted by molar-refractivity contribution is 5.78. The van der Waals surface area contributed by atoms with E-state index < -0.39 is 5.97 Å². The molecule has 15 heavy (non-hydrogen) atoms. The van der Waals surface area contributed by atoms with Crippen molar-refractivity contribution in [3.05, 3.63) is 24.8 Å². The van der Waals surface area contributed by atoms with Crippen LogP contribution in [0.3, 0.4) is 0 Å². The predicted octanol–water partition coefficient (Wildman–Crippen LogP) is 3.26. The van der Waals surface area contributed by atoms with Crippen LogP contribution in [0, 0.1) is 17.3 Å². The van der Waals surface area contributed by atoms with Crippen molar-refractivity contribution in [1.29, 1.82) is 0 Å². The zero-order chi connectivity index (χ0) is 11.6. The van der Waals surface area contributed by atoms with E-state index in [1.165, 1.54) is 24.8 Å². The number of carboxylic acids is 1. The summed E-state index contributed by atoms with van der Waals surface area (Å²) in [5.74, 6) is 0.870. The van der Waals surface area contributed by atoms with E-state index in [1.54, 1.807) is 0 Å². The number of aliphatic carboxylic acids is 1. The largest absolute Gasteiger partial charge is 0.478 e. The molecule has 0 radical (unpaired) electrons. The lowest BCUT2D eigenvalue weighted by atomic mass is 9.73. The maximum atomic E-state index is 9.25. The van der Waals surface area contributed by atoms with E-state index in [-0.39, 0.29) is 0 Å². The standard InChI is InChI=1S/C10H16.C3H4O2/c1-7-8-4-5-9(6-8)10(7,2)3;1-2-3(4)5/h8-9H,1,4-6H2,2-3H3;2H,1H2,(H,4,5). The van der Waals surface area contributed by atoms with Gasteiger partial charge in [-0.15, -0.1) is 0 Å². The van der Waals surface area contributed by atoms with E-state index in [0.717, 1.165) is 17.9 Å². The van der Waals surface area contributed by atoms with Gasteiger partial charge in [-0.05, 0) is 36.5 Å². The minimum atomic E-state index is -0.981. The first-order valence-corrected chi connectivity index (χ1v) is 5.44. The minimum Gasteiger partial charge on any atom is -0.478 e. The maximum Gasteiger partial charge on any atom is 0.327 e. The second-order valence-electron chi connectivity index (χ2n) is 5.00. The summed E-state index contributed by atoms with van der Waals surface area (Å²) in [6, 6.07) is 0. The minimum absolute atomic E-state index is 0.475. The Morgan fingerprint density at radius 2 is 2.07 bits per heavy atom. The highest BCUT2D eigenvalue weighted by atomic mass is 16.4. The van der Waals surface area contributed by atoms with Crippen LogP contribution < -0.4 is 0 Å². The van der Waals surface area contributed by atoms with Crippen LogP contribution >= 0.6 is 0 Å². The Balaban J connectivity index is 0.000000195. The van der Waals surface area contributed by atoms with Gasteiger partial charge >= 0.3 is 5.97 Å². The summed E-state index contributed by atoms with van der Waals surface area (Å²) in [6.45, 7) is 11.9. The maximum absolute atomic E-state index is 9.25. The van der Waals surface area contributed by atoms with Gasteiger partial charge < -0.3 is 5.11 Å². The van der Waals surface area contributed by atoms with Gasteiger partial charge in [-0.3, -0.25) is 0 Å². The average Bonchev–Trinajstić information content (AvgIpc) is 2.72. The number of allylic oxidation sites excluding steroid dienone is 1. The van der Waals surface area contributed by atoms with E-state index in [1.807, 2.05) is 0 Å². The number of rotatable bonds is 1. The zero-order valence-electron chi connectivity index (χ0n) is 9.62. The quantitative estimate of drug-likeness (QED) is 0.530. The summed E-state index contributed by atoms with van der Waals surface area (Å²) >= 11 is 0. The molecule has 2 saturated carbocycles. The first-order chi connectivity index (χ1) is 6.89. The fourth-order valence-electron chi connectivity index (χ4n) is 2.74. The SMILES string of the molecule is C=C1C2CCC(C2)C1(C)C.C=CC(=O)O. The van der Waals surface area contributed by atoms with Crippen LogP contribution in [0.25, 0.3) is 0 Å². The van der Waals surface area contributed by atoms with Gasteiger partial charge in [-0.2, -0.15) is 0 Å². The van der Waals surface area contributed by atoms with Crippen molar-refractivity contribution in [3.63, 3.8) is 0 Å². The Labute approximate surface area is 91.7 Å². The first-order valence-electron chi connectivity index (χ1n) is 5.44. The van der Waals surface area contributed by atoms with Gasteiger partial charge in [0.15, 0.2) is 0 Å². The van der Waals surface area contributed by atoms with Crippen LogP contribution in [-0.4, -0.2) is 11.1 Å². The van der Waals surface area contributed by atoms with Gasteiger partial charge in [-0.1, -0.05) is 32.6 Å². The molecular weight excluding hydrogens is 188 g/mol. The topological polar surface area (TPSA) is 37.3 Å². The van der Waals surface area contributed by atoms with E-state index in [2.05, 4.69) is 27.0 Å². The summed E-state index contributed by atoms with van der Waals surface area (Å²) in [5, 5.41) is 7.60. The molecule has 0 amide bonds. The zero-order valence-corrected chi connectivity index (χ0v) is 9.62. The molecule has 1 N–H and O–H groups in total. The van der Waals surface area contributed by atoms with Crippen molar-refractivity contribution >= 4 is 5.97 Å². The van der Waals surface area contributed by atoms with Crippen LogP contribution in [0.15, 0.2) is 24.8 Å². The summed E-state index contributed by atoms with van der Waals surface area (Å²) in [7, 11) is 0. The third-order valence-electron chi connectivity index (χ3n) is 3.95. The molecule has 0 aromatic carbocycles. The fourth-order valence-corrected chi connectivity index (χ4v) is 2.74. The predicted molar refractivity (Wildman–Crippen MR) is 61.6 cm³/mol. The summed E-state index contributed by atoms with van der Waals surface area (Å²) in [6.07, 6.45) is 5.15. The van der Waals surface area contributed by atoms with Gasteiger partial charge in [0, 0.05) is 6.08 Å². The summed E-state index contributed by atoms with van der Waals surface area (Å²) < 4.78 is 0. The third-order valence-corrected chi connectivity index (χ3v) is 3.95. The molecule has 2 fully saturated rings. The molecule has 0 aromatic heterocycles. The van der Waals surface area contributed by atoms with Crippen LogP contribution in [0.4, 0.5) is 0 Å². The highest BCUT2D eigenvalue weighted by Gasteiger charge is 2.47. The van der Waals surface area contributed by atoms with E-state index in [0.29, 0.717) is 5.41 Å². The van der Waals surface area contributed by atoms with Crippen molar-refractivity contribution in [2.24, 2.45) is 17.3 Å². The van der Waals surface area contributed by atoms with Crippen molar-refractivity contribution in [2.75, 3.05) is 0 Å². The van der Waals surface area contributed by atoms with E-state index in [4.69, 9.17) is 5.11 Å². The van der Waals surface area contributed by atoms with Gasteiger partial charge in [0.1, 0.15) is 0 Å². The molecule has 0 saturated heterocycles. The van der Waals surface area contributed by atoms with Crippen molar-refractivity contribution < 1.29 is 9.90 Å². The molecule has 0 aromatic rings. The Hall–Kier alpha value is -1.05. The number of carbonyl (C=O) groups is 1. The fraction of sp³-hybridized carbons (Fsp3) is 0.615. The average molecular weight is 208 g/mol. The molecule has 2 atom stereocenters. The lowest BCUT2D eigenvalue weighted by Crippen LogP contribution is -2.21. The molecule has 2 rings (SSSR count). The number of hydrogen-bond acceptors (Lipinski definition) is 1. The van der Waals surface area contributed by atoms with Gasteiger partial charge in [-0.25, -0.2) is 4.79 Å². The van der Waals surface area contributed by atoms with Gasteiger partial charge in [0.05, 0.1) is 0 Å².